The van der Waals surface area contributed by atoms with E-state index in [0.29, 0.717) is 12.3 Å². The summed E-state index contributed by atoms with van der Waals surface area (Å²) < 4.78 is 0. The van der Waals surface area contributed by atoms with Gasteiger partial charge in [-0.1, -0.05) is 19.1 Å². The van der Waals surface area contributed by atoms with Crippen LogP contribution in [0.25, 0.3) is 0 Å². The molecule has 3 nitrogen and oxygen atoms in total. The Balaban J connectivity index is 2.73. The molecule has 0 aliphatic heterocycles. The van der Waals surface area contributed by atoms with Crippen LogP contribution in [0.5, 0.6) is 0 Å². The minimum Gasteiger partial charge on any atom is -0.481 e. The van der Waals surface area contributed by atoms with E-state index in [1.54, 1.807) is 13.0 Å². The van der Waals surface area contributed by atoms with Crippen molar-refractivity contribution >= 4 is 5.97 Å². The van der Waals surface area contributed by atoms with Crippen LogP contribution >= 0.6 is 0 Å². The Morgan fingerprint density at radius 2 is 2.36 bits per heavy atom. The predicted molar refractivity (Wildman–Crippen MR) is 53.9 cm³/mol. The lowest BCUT2D eigenvalue weighted by Crippen LogP contribution is -2.41. The molecule has 1 aliphatic rings. The zero-order valence-corrected chi connectivity index (χ0v) is 8.73. The summed E-state index contributed by atoms with van der Waals surface area (Å²) in [5, 5.41) is 18.9. The molecule has 0 aromatic rings. The Labute approximate surface area is 84.4 Å². The van der Waals surface area contributed by atoms with Crippen LogP contribution in [0.15, 0.2) is 12.2 Å². The number of carbonyl (C=O) groups is 1. The molecule has 0 bridgehead atoms. The van der Waals surface area contributed by atoms with Gasteiger partial charge in [0.2, 0.25) is 0 Å². The Kier molecular flexibility index (Phi) is 3.32. The maximum atomic E-state index is 10.8. The second-order valence-corrected chi connectivity index (χ2v) is 4.12. The van der Waals surface area contributed by atoms with Crippen LogP contribution < -0.4 is 0 Å². The number of allylic oxidation sites excluding steroid dienone is 1. The van der Waals surface area contributed by atoms with Gasteiger partial charge in [-0.3, -0.25) is 4.79 Å². The Morgan fingerprint density at radius 3 is 2.71 bits per heavy atom. The predicted octanol–water partition coefficient (Wildman–Crippen LogP) is 1.81. The molecule has 14 heavy (non-hydrogen) atoms. The number of rotatable bonds is 3. The molecule has 0 radical (unpaired) electrons. The first-order chi connectivity index (χ1) is 6.49. The molecule has 80 valence electrons. The second kappa shape index (κ2) is 4.13. The van der Waals surface area contributed by atoms with Crippen LogP contribution in [0.1, 0.15) is 33.1 Å². The largest absolute Gasteiger partial charge is 0.481 e. The van der Waals surface area contributed by atoms with Gasteiger partial charge < -0.3 is 10.2 Å². The summed E-state index contributed by atoms with van der Waals surface area (Å²) >= 11 is 0. The van der Waals surface area contributed by atoms with Crippen molar-refractivity contribution in [3.05, 3.63) is 12.2 Å². The number of hydrogen-bond donors (Lipinski definition) is 2. The lowest BCUT2D eigenvalue weighted by molar-refractivity contribution is -0.148. The van der Waals surface area contributed by atoms with Crippen molar-refractivity contribution in [3.63, 3.8) is 0 Å². The van der Waals surface area contributed by atoms with Crippen LogP contribution in [-0.4, -0.2) is 21.8 Å². The van der Waals surface area contributed by atoms with Crippen LogP contribution in [0.4, 0.5) is 0 Å². The third-order valence-electron chi connectivity index (χ3n) is 3.22. The van der Waals surface area contributed by atoms with Gasteiger partial charge in [-0.15, -0.1) is 0 Å². The molecule has 0 saturated heterocycles. The maximum absolute atomic E-state index is 10.8. The van der Waals surface area contributed by atoms with E-state index >= 15 is 0 Å². The van der Waals surface area contributed by atoms with Gasteiger partial charge in [0, 0.05) is 0 Å². The van der Waals surface area contributed by atoms with Crippen molar-refractivity contribution in [3.8, 4) is 0 Å². The van der Waals surface area contributed by atoms with E-state index in [1.807, 2.05) is 6.08 Å². The first-order valence-corrected chi connectivity index (χ1v) is 5.14. The van der Waals surface area contributed by atoms with Gasteiger partial charge in [-0.25, -0.2) is 0 Å². The molecular formula is C11H18O3. The number of carboxylic acids is 1. The highest BCUT2D eigenvalue weighted by atomic mass is 16.4. The molecule has 0 saturated carbocycles. The minimum absolute atomic E-state index is 0.497. The van der Waals surface area contributed by atoms with Crippen LogP contribution in [0.3, 0.4) is 0 Å². The first kappa shape index (κ1) is 11.2. The number of aliphatic carboxylic acids is 1. The van der Waals surface area contributed by atoms with Crippen molar-refractivity contribution in [2.75, 3.05) is 0 Å². The lowest BCUT2D eigenvalue weighted by atomic mass is 9.77. The zero-order valence-electron chi connectivity index (χ0n) is 8.73. The van der Waals surface area contributed by atoms with Crippen LogP contribution in [0, 0.1) is 11.8 Å². The van der Waals surface area contributed by atoms with Gasteiger partial charge in [0.15, 0.2) is 0 Å². The third-order valence-corrected chi connectivity index (χ3v) is 3.22. The molecule has 0 amide bonds. The number of hydrogen-bond acceptors (Lipinski definition) is 2. The van der Waals surface area contributed by atoms with E-state index < -0.39 is 17.5 Å². The molecule has 0 aromatic heterocycles. The van der Waals surface area contributed by atoms with E-state index in [2.05, 4.69) is 6.92 Å². The Hall–Kier alpha value is -0.830. The first-order valence-electron chi connectivity index (χ1n) is 5.14. The van der Waals surface area contributed by atoms with Crippen molar-refractivity contribution in [2.45, 2.75) is 38.7 Å². The van der Waals surface area contributed by atoms with E-state index in [4.69, 9.17) is 5.11 Å². The average Bonchev–Trinajstić information content (AvgIpc) is 2.18. The fourth-order valence-electron chi connectivity index (χ4n) is 1.81. The highest BCUT2D eigenvalue weighted by molar-refractivity contribution is 5.71. The standard InChI is InChI=1S/C11H18O3/c1-3-9-4-6-11(14,7-5-9)8(2)10(12)13/h4,6,8-9,14H,3,5,7H2,1-2H3,(H,12,13). The van der Waals surface area contributed by atoms with Crippen molar-refractivity contribution in [1.82, 2.24) is 0 Å². The van der Waals surface area contributed by atoms with Crippen LogP contribution in [-0.2, 0) is 4.79 Å². The van der Waals surface area contributed by atoms with E-state index in [1.165, 1.54) is 0 Å². The summed E-state index contributed by atoms with van der Waals surface area (Å²) in [5.74, 6) is -1.17. The fourth-order valence-corrected chi connectivity index (χ4v) is 1.81. The summed E-state index contributed by atoms with van der Waals surface area (Å²) in [6.45, 7) is 3.65. The van der Waals surface area contributed by atoms with E-state index in [9.17, 15) is 9.90 Å². The molecule has 2 N–H and O–H groups in total. The van der Waals surface area contributed by atoms with Crippen LogP contribution in [0.2, 0.25) is 0 Å². The molecule has 0 fully saturated rings. The highest BCUT2D eigenvalue weighted by Gasteiger charge is 2.37. The van der Waals surface area contributed by atoms with E-state index in [-0.39, 0.29) is 0 Å². The Bertz CT molecular complexity index is 247. The number of carboxylic acid groups (broad SMARTS) is 1. The fraction of sp³-hybridized carbons (Fsp3) is 0.727. The monoisotopic (exact) mass is 198 g/mol. The third kappa shape index (κ3) is 2.15. The van der Waals surface area contributed by atoms with Gasteiger partial charge >= 0.3 is 5.97 Å². The molecule has 3 heteroatoms. The second-order valence-electron chi connectivity index (χ2n) is 4.12. The van der Waals surface area contributed by atoms with Crippen molar-refractivity contribution < 1.29 is 15.0 Å². The maximum Gasteiger partial charge on any atom is 0.309 e. The topological polar surface area (TPSA) is 57.5 Å². The number of aliphatic hydroxyl groups is 1. The van der Waals surface area contributed by atoms with Crippen molar-refractivity contribution in [1.29, 1.82) is 0 Å². The molecule has 3 atom stereocenters. The molecule has 1 rings (SSSR count). The van der Waals surface area contributed by atoms with Crippen molar-refractivity contribution in [2.24, 2.45) is 11.8 Å². The SMILES string of the molecule is CCC1C=CC(O)(C(C)C(=O)O)CC1. The van der Waals surface area contributed by atoms with Gasteiger partial charge in [0.25, 0.3) is 0 Å². The molecular weight excluding hydrogens is 180 g/mol. The highest BCUT2D eigenvalue weighted by Crippen LogP contribution is 2.33. The molecule has 1 aliphatic carbocycles. The Morgan fingerprint density at radius 1 is 1.71 bits per heavy atom. The molecule has 3 unspecified atom stereocenters. The van der Waals surface area contributed by atoms with Gasteiger partial charge in [-0.2, -0.15) is 0 Å². The lowest BCUT2D eigenvalue weighted by Gasteiger charge is -2.33. The molecule has 0 spiro atoms. The summed E-state index contributed by atoms with van der Waals surface area (Å²) in [4.78, 5) is 10.8. The molecule has 0 aromatic carbocycles. The summed E-state index contributed by atoms with van der Waals surface area (Å²) in [6.07, 6.45) is 6.09. The van der Waals surface area contributed by atoms with Gasteiger partial charge in [0.1, 0.15) is 0 Å². The summed E-state index contributed by atoms with van der Waals surface area (Å²) in [7, 11) is 0. The normalized spacial score (nSPS) is 34.1. The quantitative estimate of drug-likeness (QED) is 0.680. The van der Waals surface area contributed by atoms with Gasteiger partial charge in [0.05, 0.1) is 11.5 Å². The van der Waals surface area contributed by atoms with E-state index in [0.717, 1.165) is 12.8 Å². The summed E-state index contributed by atoms with van der Waals surface area (Å²) in [6, 6.07) is 0. The minimum atomic E-state index is -1.14. The summed E-state index contributed by atoms with van der Waals surface area (Å²) in [5.41, 5.74) is -1.14. The van der Waals surface area contributed by atoms with Gasteiger partial charge in [-0.05, 0) is 32.1 Å². The molecule has 0 heterocycles. The average molecular weight is 198 g/mol. The smallest absolute Gasteiger partial charge is 0.309 e. The zero-order chi connectivity index (χ0) is 10.8.